The third-order valence-electron chi connectivity index (χ3n) is 5.99. The minimum Gasteiger partial charge on any atom is -0.325 e. The number of carbonyl (C=O) groups is 1. The van der Waals surface area contributed by atoms with Gasteiger partial charge in [0, 0.05) is 50.2 Å². The summed E-state index contributed by atoms with van der Waals surface area (Å²) in [4.78, 5) is 21.8. The fourth-order valence-electron chi connectivity index (χ4n) is 4.31. The maximum Gasteiger partial charge on any atom is 0.238 e. The van der Waals surface area contributed by atoms with E-state index in [1.165, 1.54) is 17.8 Å². The lowest BCUT2D eigenvalue weighted by atomic mass is 10.1. The van der Waals surface area contributed by atoms with E-state index in [4.69, 9.17) is 4.98 Å². The Bertz CT molecular complexity index is 1250. The predicted octanol–water partition coefficient (Wildman–Crippen LogP) is 3.90. The third kappa shape index (κ3) is 4.94. The van der Waals surface area contributed by atoms with Gasteiger partial charge in [-0.2, -0.15) is 0 Å². The summed E-state index contributed by atoms with van der Waals surface area (Å²) in [6.45, 7) is 4.42. The molecule has 1 aliphatic heterocycles. The zero-order valence-electron chi connectivity index (χ0n) is 18.3. The number of imidazole rings is 1. The molecule has 4 aromatic rings. The van der Waals surface area contributed by atoms with Gasteiger partial charge in [0.05, 0.1) is 17.9 Å². The Morgan fingerprint density at radius 1 is 0.909 bits per heavy atom. The number of benzene rings is 2. The number of hydrogen-bond acceptors (Lipinski definition) is 4. The number of anilines is 1. The monoisotopic (exact) mass is 443 g/mol. The first-order valence-corrected chi connectivity index (χ1v) is 11.2. The van der Waals surface area contributed by atoms with Gasteiger partial charge in [0.25, 0.3) is 0 Å². The molecule has 0 bridgehead atoms. The van der Waals surface area contributed by atoms with Crippen LogP contribution >= 0.6 is 0 Å². The van der Waals surface area contributed by atoms with Crippen LogP contribution in [-0.2, 0) is 11.3 Å². The zero-order valence-corrected chi connectivity index (χ0v) is 18.3. The molecule has 6 nitrogen and oxygen atoms in total. The molecule has 5 rings (SSSR count). The number of piperazine rings is 1. The highest BCUT2D eigenvalue weighted by Crippen LogP contribution is 2.26. The van der Waals surface area contributed by atoms with Gasteiger partial charge in [0.15, 0.2) is 0 Å². The summed E-state index contributed by atoms with van der Waals surface area (Å²) in [5.41, 5.74) is 4.73. The molecule has 1 aliphatic rings. The van der Waals surface area contributed by atoms with E-state index >= 15 is 0 Å². The molecule has 1 fully saturated rings. The van der Waals surface area contributed by atoms with Gasteiger partial charge in [-0.15, -0.1) is 0 Å². The van der Waals surface area contributed by atoms with E-state index < -0.39 is 0 Å². The van der Waals surface area contributed by atoms with Crippen LogP contribution in [0.2, 0.25) is 0 Å². The van der Waals surface area contributed by atoms with E-state index in [-0.39, 0.29) is 11.7 Å². The molecule has 168 valence electrons. The lowest BCUT2D eigenvalue weighted by Gasteiger charge is -2.34. The minimum atomic E-state index is -0.358. The van der Waals surface area contributed by atoms with Crippen LogP contribution in [0.25, 0.3) is 16.9 Å². The Balaban J connectivity index is 1.23. The van der Waals surface area contributed by atoms with Crippen LogP contribution in [0.3, 0.4) is 0 Å². The third-order valence-corrected chi connectivity index (χ3v) is 5.99. The van der Waals surface area contributed by atoms with Crippen LogP contribution in [0.4, 0.5) is 10.1 Å². The molecule has 2 aromatic heterocycles. The van der Waals surface area contributed by atoms with Gasteiger partial charge in [0.2, 0.25) is 5.91 Å². The van der Waals surface area contributed by atoms with Crippen molar-refractivity contribution in [1.29, 1.82) is 0 Å². The van der Waals surface area contributed by atoms with Gasteiger partial charge in [-0.05, 0) is 30.3 Å². The van der Waals surface area contributed by atoms with Crippen LogP contribution in [0.15, 0.2) is 79.0 Å². The summed E-state index contributed by atoms with van der Waals surface area (Å²) in [6, 6.07) is 22.3. The second-order valence-corrected chi connectivity index (χ2v) is 8.31. The summed E-state index contributed by atoms with van der Waals surface area (Å²) in [5, 5.41) is 2.78. The molecule has 0 atom stereocenters. The van der Waals surface area contributed by atoms with Crippen molar-refractivity contribution >= 4 is 17.2 Å². The lowest BCUT2D eigenvalue weighted by molar-refractivity contribution is -0.117. The highest BCUT2D eigenvalue weighted by atomic mass is 19.1. The molecule has 33 heavy (non-hydrogen) atoms. The van der Waals surface area contributed by atoms with Crippen molar-refractivity contribution in [2.45, 2.75) is 6.54 Å². The molecule has 0 spiro atoms. The maximum atomic E-state index is 13.3. The Morgan fingerprint density at radius 3 is 2.45 bits per heavy atom. The van der Waals surface area contributed by atoms with Crippen molar-refractivity contribution in [3.05, 3.63) is 90.5 Å². The van der Waals surface area contributed by atoms with Crippen LogP contribution in [0.5, 0.6) is 0 Å². The molecular weight excluding hydrogens is 417 g/mol. The molecule has 0 saturated carbocycles. The molecule has 1 saturated heterocycles. The van der Waals surface area contributed by atoms with E-state index in [0.717, 1.165) is 49.6 Å². The summed E-state index contributed by atoms with van der Waals surface area (Å²) in [6.07, 6.45) is 2.07. The number of amides is 1. The Kier molecular flexibility index (Phi) is 6.15. The van der Waals surface area contributed by atoms with E-state index in [9.17, 15) is 9.18 Å². The van der Waals surface area contributed by atoms with Gasteiger partial charge in [-0.25, -0.2) is 9.37 Å². The second-order valence-electron chi connectivity index (χ2n) is 8.31. The largest absolute Gasteiger partial charge is 0.325 e. The van der Waals surface area contributed by atoms with Crippen molar-refractivity contribution in [2.75, 3.05) is 38.0 Å². The van der Waals surface area contributed by atoms with Crippen molar-refractivity contribution in [1.82, 2.24) is 19.2 Å². The molecule has 3 heterocycles. The molecule has 0 radical (unpaired) electrons. The van der Waals surface area contributed by atoms with Gasteiger partial charge in [-0.3, -0.25) is 14.6 Å². The van der Waals surface area contributed by atoms with Crippen LogP contribution in [-0.4, -0.2) is 57.8 Å². The minimum absolute atomic E-state index is 0.123. The quantitative estimate of drug-likeness (QED) is 0.491. The first-order valence-electron chi connectivity index (χ1n) is 11.2. The Morgan fingerprint density at radius 2 is 1.67 bits per heavy atom. The summed E-state index contributed by atoms with van der Waals surface area (Å²) in [7, 11) is 0. The number of nitrogens with one attached hydrogen (secondary N) is 1. The molecule has 1 amide bonds. The number of carbonyl (C=O) groups excluding carboxylic acids is 1. The Hall–Kier alpha value is -3.55. The number of hydrogen-bond donors (Lipinski definition) is 1. The lowest BCUT2D eigenvalue weighted by Crippen LogP contribution is -2.48. The smallest absolute Gasteiger partial charge is 0.238 e. The number of aromatic nitrogens is 2. The molecule has 0 unspecified atom stereocenters. The van der Waals surface area contributed by atoms with Gasteiger partial charge < -0.3 is 9.72 Å². The molecule has 7 heteroatoms. The van der Waals surface area contributed by atoms with E-state index in [2.05, 4.69) is 37.8 Å². The SMILES string of the molecule is O=C(CN1CCN(Cc2c(-c3ccccc3)nc3ccccn23)CC1)Nc1cccc(F)c1. The average molecular weight is 444 g/mol. The summed E-state index contributed by atoms with van der Waals surface area (Å²) >= 11 is 0. The van der Waals surface area contributed by atoms with Crippen LogP contribution < -0.4 is 5.32 Å². The van der Waals surface area contributed by atoms with Crippen molar-refractivity contribution < 1.29 is 9.18 Å². The summed E-state index contributed by atoms with van der Waals surface area (Å²) in [5.74, 6) is -0.481. The molecule has 0 aliphatic carbocycles. The van der Waals surface area contributed by atoms with Crippen LogP contribution in [0, 0.1) is 5.82 Å². The topological polar surface area (TPSA) is 52.9 Å². The zero-order chi connectivity index (χ0) is 22.6. The summed E-state index contributed by atoms with van der Waals surface area (Å²) < 4.78 is 15.5. The molecule has 1 N–H and O–H groups in total. The second kappa shape index (κ2) is 9.52. The highest BCUT2D eigenvalue weighted by molar-refractivity contribution is 5.92. The van der Waals surface area contributed by atoms with Gasteiger partial charge >= 0.3 is 0 Å². The standard InChI is InChI=1S/C26H26FN5O/c27-21-9-6-10-22(17-21)28-25(33)19-31-15-13-30(14-16-31)18-23-26(20-7-2-1-3-8-20)29-24-11-4-5-12-32(23)24/h1-12,17H,13-16,18-19H2,(H,28,33). The van der Waals surface area contributed by atoms with Crippen molar-refractivity contribution in [2.24, 2.45) is 0 Å². The first kappa shape index (κ1) is 21.3. The average Bonchev–Trinajstić information content (AvgIpc) is 3.19. The van der Waals surface area contributed by atoms with E-state index in [0.29, 0.717) is 12.2 Å². The molecular formula is C26H26FN5O. The number of nitrogens with zero attached hydrogens (tertiary/aromatic N) is 4. The van der Waals surface area contributed by atoms with Crippen LogP contribution in [0.1, 0.15) is 5.69 Å². The fourth-order valence-corrected chi connectivity index (χ4v) is 4.31. The first-order chi connectivity index (χ1) is 16.2. The highest BCUT2D eigenvalue weighted by Gasteiger charge is 2.22. The predicted molar refractivity (Wildman–Crippen MR) is 127 cm³/mol. The Labute approximate surface area is 192 Å². The number of rotatable bonds is 6. The van der Waals surface area contributed by atoms with E-state index in [1.807, 2.05) is 36.4 Å². The fraction of sp³-hybridized carbons (Fsp3) is 0.231. The number of pyridine rings is 1. The normalized spacial score (nSPS) is 15.1. The van der Waals surface area contributed by atoms with Crippen molar-refractivity contribution in [3.63, 3.8) is 0 Å². The van der Waals surface area contributed by atoms with Gasteiger partial charge in [-0.1, -0.05) is 42.5 Å². The van der Waals surface area contributed by atoms with Crippen molar-refractivity contribution in [3.8, 4) is 11.3 Å². The molecule has 2 aromatic carbocycles. The van der Waals surface area contributed by atoms with Gasteiger partial charge in [0.1, 0.15) is 11.5 Å². The number of halogens is 1. The number of fused-ring (bicyclic) bond motifs is 1. The maximum absolute atomic E-state index is 13.3. The van der Waals surface area contributed by atoms with E-state index in [1.54, 1.807) is 12.1 Å².